The Morgan fingerprint density at radius 1 is 1.33 bits per heavy atom. The summed E-state index contributed by atoms with van der Waals surface area (Å²) in [6.45, 7) is 0.180. The van der Waals surface area contributed by atoms with Gasteiger partial charge in [0, 0.05) is 38.0 Å². The number of aryl methyl sites for hydroxylation is 1. The molecule has 0 aliphatic carbocycles. The van der Waals surface area contributed by atoms with Gasteiger partial charge >= 0.3 is 0 Å². The van der Waals surface area contributed by atoms with E-state index in [9.17, 15) is 9.59 Å². The minimum absolute atomic E-state index is 0.168. The Hall–Kier alpha value is -3.03. The van der Waals surface area contributed by atoms with Gasteiger partial charge in [-0.2, -0.15) is 5.10 Å². The highest BCUT2D eigenvalue weighted by Crippen LogP contribution is 2.28. The molecule has 8 heteroatoms. The monoisotopic (exact) mass is 332 g/mol. The molecule has 24 heavy (non-hydrogen) atoms. The van der Waals surface area contributed by atoms with Gasteiger partial charge in [-0.05, 0) is 18.2 Å². The Morgan fingerprint density at radius 2 is 2.08 bits per heavy atom. The summed E-state index contributed by atoms with van der Waals surface area (Å²) in [5, 5.41) is 4.08. The molecule has 2 rings (SSSR count). The van der Waals surface area contributed by atoms with Crippen LogP contribution in [-0.2, 0) is 18.4 Å². The van der Waals surface area contributed by atoms with Gasteiger partial charge in [0.15, 0.2) is 18.1 Å². The molecule has 0 unspecified atom stereocenters. The number of nitrogens with zero attached hydrogens (tertiary/aromatic N) is 3. The number of nitrogens with two attached hydrogens (primary N) is 1. The van der Waals surface area contributed by atoms with Crippen LogP contribution in [0.2, 0.25) is 0 Å². The Morgan fingerprint density at radius 3 is 2.67 bits per heavy atom. The predicted octanol–water partition coefficient (Wildman–Crippen LogP) is 0.565. The van der Waals surface area contributed by atoms with Crippen molar-refractivity contribution in [2.75, 3.05) is 20.8 Å². The first-order valence-corrected chi connectivity index (χ1v) is 7.23. The maximum atomic E-state index is 12.5. The van der Waals surface area contributed by atoms with E-state index in [0.29, 0.717) is 23.6 Å². The number of benzene rings is 1. The highest BCUT2D eigenvalue weighted by molar-refractivity contribution is 5.94. The van der Waals surface area contributed by atoms with Gasteiger partial charge in [-0.1, -0.05) is 0 Å². The third-order valence-electron chi connectivity index (χ3n) is 3.31. The van der Waals surface area contributed by atoms with Crippen LogP contribution in [0.15, 0.2) is 30.6 Å². The molecule has 8 nitrogen and oxygen atoms in total. The molecule has 128 valence electrons. The van der Waals surface area contributed by atoms with Crippen LogP contribution >= 0.6 is 0 Å². The van der Waals surface area contributed by atoms with Crippen molar-refractivity contribution in [1.29, 1.82) is 0 Å². The fourth-order valence-corrected chi connectivity index (χ4v) is 2.19. The largest absolute Gasteiger partial charge is 0.493 e. The van der Waals surface area contributed by atoms with Crippen molar-refractivity contribution in [3.8, 4) is 11.5 Å². The van der Waals surface area contributed by atoms with Crippen LogP contribution in [0.25, 0.3) is 0 Å². The van der Waals surface area contributed by atoms with E-state index in [1.54, 1.807) is 41.0 Å². The molecule has 2 aromatic rings. The van der Waals surface area contributed by atoms with Crippen LogP contribution in [0.4, 0.5) is 0 Å². The van der Waals surface area contributed by atoms with Gasteiger partial charge in [-0.25, -0.2) is 0 Å². The average molecular weight is 332 g/mol. The van der Waals surface area contributed by atoms with Gasteiger partial charge in [0.2, 0.25) is 0 Å². The molecule has 0 radical (unpaired) electrons. The first-order valence-electron chi connectivity index (χ1n) is 7.23. The van der Waals surface area contributed by atoms with E-state index in [2.05, 4.69) is 5.10 Å². The van der Waals surface area contributed by atoms with E-state index < -0.39 is 5.91 Å². The second-order valence-corrected chi connectivity index (χ2v) is 5.30. The summed E-state index contributed by atoms with van der Waals surface area (Å²) < 4.78 is 12.1. The SMILES string of the molecule is COc1cc(C(=O)N(C)Cc2cnn(C)c2)ccc1OCC(N)=O. The van der Waals surface area contributed by atoms with E-state index in [1.165, 1.54) is 7.11 Å². The third-order valence-corrected chi connectivity index (χ3v) is 3.31. The molecular weight excluding hydrogens is 312 g/mol. The quantitative estimate of drug-likeness (QED) is 0.799. The molecule has 0 saturated carbocycles. The molecule has 1 aromatic heterocycles. The average Bonchev–Trinajstić information content (AvgIpc) is 2.96. The van der Waals surface area contributed by atoms with Crippen molar-refractivity contribution < 1.29 is 19.1 Å². The van der Waals surface area contributed by atoms with Crippen LogP contribution in [-0.4, -0.2) is 47.3 Å². The molecule has 2 amide bonds. The molecule has 0 spiro atoms. The Labute approximate surface area is 139 Å². The Bertz CT molecular complexity index is 741. The minimum Gasteiger partial charge on any atom is -0.493 e. The minimum atomic E-state index is -0.589. The van der Waals surface area contributed by atoms with Crippen LogP contribution in [0.3, 0.4) is 0 Å². The first-order chi connectivity index (χ1) is 11.4. The first kappa shape index (κ1) is 17.3. The molecule has 0 fully saturated rings. The van der Waals surface area contributed by atoms with E-state index in [0.717, 1.165) is 5.56 Å². The van der Waals surface area contributed by atoms with E-state index >= 15 is 0 Å². The summed E-state index contributed by atoms with van der Waals surface area (Å²) in [5.41, 5.74) is 6.43. The fourth-order valence-electron chi connectivity index (χ4n) is 2.19. The van der Waals surface area contributed by atoms with Crippen LogP contribution in [0.1, 0.15) is 15.9 Å². The van der Waals surface area contributed by atoms with Crippen molar-refractivity contribution >= 4 is 11.8 Å². The summed E-state index contributed by atoms with van der Waals surface area (Å²) in [6, 6.07) is 4.76. The van der Waals surface area contributed by atoms with Crippen LogP contribution in [0.5, 0.6) is 11.5 Å². The fraction of sp³-hybridized carbons (Fsp3) is 0.312. The van der Waals surface area contributed by atoms with Gasteiger partial charge in [0.05, 0.1) is 13.3 Å². The summed E-state index contributed by atoms with van der Waals surface area (Å²) in [5.74, 6) is -0.0494. The van der Waals surface area contributed by atoms with Crippen molar-refractivity contribution in [3.63, 3.8) is 0 Å². The molecule has 1 aromatic carbocycles. The number of hydrogen-bond acceptors (Lipinski definition) is 5. The number of rotatable bonds is 7. The van der Waals surface area contributed by atoms with Gasteiger partial charge in [-0.15, -0.1) is 0 Å². The van der Waals surface area contributed by atoms with Crippen LogP contribution in [0, 0.1) is 0 Å². The number of carbonyl (C=O) groups excluding carboxylic acids is 2. The lowest BCUT2D eigenvalue weighted by atomic mass is 10.1. The second-order valence-electron chi connectivity index (χ2n) is 5.30. The summed E-state index contributed by atoms with van der Waals surface area (Å²) in [6.07, 6.45) is 3.57. The maximum absolute atomic E-state index is 12.5. The van der Waals surface area contributed by atoms with Crippen molar-refractivity contribution in [1.82, 2.24) is 14.7 Å². The van der Waals surface area contributed by atoms with Gasteiger partial charge in [0.1, 0.15) is 0 Å². The number of primary amides is 1. The Kier molecular flexibility index (Phi) is 5.41. The summed E-state index contributed by atoms with van der Waals surface area (Å²) in [7, 11) is 4.99. The zero-order valence-corrected chi connectivity index (χ0v) is 13.9. The molecule has 0 bridgehead atoms. The third kappa shape index (κ3) is 4.25. The predicted molar refractivity (Wildman–Crippen MR) is 86.7 cm³/mol. The van der Waals surface area contributed by atoms with E-state index in [1.807, 2.05) is 13.2 Å². The molecule has 1 heterocycles. The molecule has 2 N–H and O–H groups in total. The lowest BCUT2D eigenvalue weighted by Crippen LogP contribution is -2.26. The molecule has 0 atom stereocenters. The van der Waals surface area contributed by atoms with Crippen molar-refractivity contribution in [3.05, 3.63) is 41.7 Å². The highest BCUT2D eigenvalue weighted by atomic mass is 16.5. The summed E-state index contributed by atoms with van der Waals surface area (Å²) >= 11 is 0. The molecule has 0 aliphatic heterocycles. The number of ether oxygens (including phenoxy) is 2. The second kappa shape index (κ2) is 7.49. The smallest absolute Gasteiger partial charge is 0.255 e. The lowest BCUT2D eigenvalue weighted by Gasteiger charge is -2.17. The normalized spacial score (nSPS) is 10.3. The van der Waals surface area contributed by atoms with Crippen LogP contribution < -0.4 is 15.2 Å². The van der Waals surface area contributed by atoms with Gasteiger partial charge in [-0.3, -0.25) is 14.3 Å². The molecular formula is C16H20N4O4. The number of hydrogen-bond donors (Lipinski definition) is 1. The number of amides is 2. The zero-order chi connectivity index (χ0) is 17.7. The standard InChI is InChI=1S/C16H20N4O4/c1-19(8-11-7-18-20(2)9-11)16(22)12-4-5-13(14(6-12)23-3)24-10-15(17)21/h4-7,9H,8,10H2,1-3H3,(H2,17,21). The molecule has 0 saturated heterocycles. The topological polar surface area (TPSA) is 99.7 Å². The summed E-state index contributed by atoms with van der Waals surface area (Å²) in [4.78, 5) is 24.9. The molecule has 0 aliphatic rings. The maximum Gasteiger partial charge on any atom is 0.255 e. The van der Waals surface area contributed by atoms with E-state index in [4.69, 9.17) is 15.2 Å². The van der Waals surface area contributed by atoms with Gasteiger partial charge < -0.3 is 20.1 Å². The van der Waals surface area contributed by atoms with Crippen molar-refractivity contribution in [2.45, 2.75) is 6.54 Å². The highest BCUT2D eigenvalue weighted by Gasteiger charge is 2.16. The number of carbonyl (C=O) groups is 2. The zero-order valence-electron chi connectivity index (χ0n) is 13.9. The Balaban J connectivity index is 2.12. The van der Waals surface area contributed by atoms with Crippen molar-refractivity contribution in [2.24, 2.45) is 12.8 Å². The van der Waals surface area contributed by atoms with E-state index in [-0.39, 0.29) is 12.5 Å². The van der Waals surface area contributed by atoms with Gasteiger partial charge in [0.25, 0.3) is 11.8 Å². The lowest BCUT2D eigenvalue weighted by molar-refractivity contribution is -0.119. The number of aromatic nitrogens is 2. The number of methoxy groups -OCH3 is 1.